The van der Waals surface area contributed by atoms with Crippen molar-refractivity contribution in [2.24, 2.45) is 0 Å². The van der Waals surface area contributed by atoms with Crippen molar-refractivity contribution < 1.29 is 19.4 Å². The van der Waals surface area contributed by atoms with E-state index in [1.807, 2.05) is 36.4 Å². The lowest BCUT2D eigenvalue weighted by Crippen LogP contribution is -2.86. The van der Waals surface area contributed by atoms with Crippen molar-refractivity contribution in [3.05, 3.63) is 77.5 Å². The van der Waals surface area contributed by atoms with Gasteiger partial charge in [-0.25, -0.2) is 0 Å². The molecule has 2 aliphatic rings. The highest BCUT2D eigenvalue weighted by molar-refractivity contribution is 6.05. The number of anilines is 2. The number of nitrogens with two attached hydrogens (primary N) is 1. The second-order valence-electron chi connectivity index (χ2n) is 10.1. The van der Waals surface area contributed by atoms with Gasteiger partial charge in [-0.1, -0.05) is 23.4 Å². The minimum atomic E-state index is -0.127. The normalized spacial score (nSPS) is 16.7. The van der Waals surface area contributed by atoms with Crippen molar-refractivity contribution in [3.63, 3.8) is 0 Å². The number of hydrogen-bond donors (Lipinski definition) is 2. The minimum Gasteiger partial charge on any atom is -0.378 e. The zero-order valence-electron chi connectivity index (χ0n) is 21.2. The van der Waals surface area contributed by atoms with E-state index in [2.05, 4.69) is 51.9 Å². The number of nitrogens with one attached hydrogen (secondary N) is 1. The molecule has 3 heterocycles. The molecule has 0 radical (unpaired) electrons. The van der Waals surface area contributed by atoms with E-state index < -0.39 is 0 Å². The summed E-state index contributed by atoms with van der Waals surface area (Å²) in [5, 5.41) is 11.0. The Morgan fingerprint density at radius 2 is 1.86 bits per heavy atom. The molecule has 2 aliphatic heterocycles. The van der Waals surface area contributed by atoms with E-state index in [4.69, 9.17) is 9.26 Å². The van der Waals surface area contributed by atoms with Crippen LogP contribution < -0.4 is 15.5 Å². The van der Waals surface area contributed by atoms with Crippen LogP contribution in [0.1, 0.15) is 40.4 Å². The summed E-state index contributed by atoms with van der Waals surface area (Å²) in [5.74, 6) is 0.338. The summed E-state index contributed by atoms with van der Waals surface area (Å²) in [7, 11) is 0. The predicted octanol–water partition coefficient (Wildman–Crippen LogP) is 4.33. The maximum atomic E-state index is 13.2. The quantitative estimate of drug-likeness (QED) is 0.429. The monoisotopic (exact) mass is 497 g/mol. The lowest BCUT2D eigenvalue weighted by Gasteiger charge is -2.29. The number of quaternary nitrogens is 1. The zero-order valence-corrected chi connectivity index (χ0v) is 21.2. The molecule has 0 saturated carbocycles. The summed E-state index contributed by atoms with van der Waals surface area (Å²) in [5.41, 5.74) is 7.52. The van der Waals surface area contributed by atoms with Crippen LogP contribution in [0.4, 0.5) is 11.4 Å². The van der Waals surface area contributed by atoms with Crippen LogP contribution in [0, 0.1) is 6.92 Å². The number of amides is 1. The molecule has 0 spiro atoms. The van der Waals surface area contributed by atoms with Crippen molar-refractivity contribution >= 4 is 28.3 Å². The van der Waals surface area contributed by atoms with E-state index in [-0.39, 0.29) is 5.91 Å². The van der Waals surface area contributed by atoms with E-state index in [1.54, 1.807) is 0 Å². The van der Waals surface area contributed by atoms with E-state index in [9.17, 15) is 4.79 Å². The Morgan fingerprint density at radius 1 is 1.03 bits per heavy atom. The molecule has 190 valence electrons. The first kappa shape index (κ1) is 23.7. The third-order valence-corrected chi connectivity index (χ3v) is 7.62. The number of aryl methyl sites for hydroxylation is 1. The number of rotatable bonds is 5. The summed E-state index contributed by atoms with van der Waals surface area (Å²) in [6.07, 6.45) is 2.27. The van der Waals surface area contributed by atoms with Gasteiger partial charge in [0.15, 0.2) is 5.58 Å². The van der Waals surface area contributed by atoms with Gasteiger partial charge < -0.3 is 24.8 Å². The number of carbonyl (C=O) groups is 1. The van der Waals surface area contributed by atoms with Crippen LogP contribution in [0.25, 0.3) is 22.1 Å². The lowest BCUT2D eigenvalue weighted by atomic mass is 9.91. The van der Waals surface area contributed by atoms with Gasteiger partial charge in [0.25, 0.3) is 5.91 Å². The molecule has 3 N–H and O–H groups in total. The number of hydrogen-bond acceptors (Lipinski definition) is 5. The molecule has 1 amide bonds. The van der Waals surface area contributed by atoms with Gasteiger partial charge in [0, 0.05) is 54.2 Å². The summed E-state index contributed by atoms with van der Waals surface area (Å²) in [6.45, 7) is 7.51. The second kappa shape index (κ2) is 10.4. The highest BCUT2D eigenvalue weighted by Gasteiger charge is 2.23. The average molecular weight is 498 g/mol. The summed E-state index contributed by atoms with van der Waals surface area (Å²) in [4.78, 5) is 15.5. The van der Waals surface area contributed by atoms with Gasteiger partial charge in [-0.05, 0) is 66.1 Å². The largest absolute Gasteiger partial charge is 0.378 e. The predicted molar refractivity (Wildman–Crippen MR) is 145 cm³/mol. The number of morpholine rings is 1. The molecular formula is C30H33N4O3+. The fraction of sp³-hybridized carbons (Fsp3) is 0.333. The molecule has 0 bridgehead atoms. The number of fused-ring (bicyclic) bond motifs is 1. The zero-order chi connectivity index (χ0) is 25.2. The Kier molecular flexibility index (Phi) is 6.64. The smallest absolute Gasteiger partial charge is 0.255 e. The number of aromatic nitrogens is 1. The van der Waals surface area contributed by atoms with Gasteiger partial charge in [-0.15, -0.1) is 0 Å². The van der Waals surface area contributed by atoms with Gasteiger partial charge in [-0.2, -0.15) is 0 Å². The third-order valence-electron chi connectivity index (χ3n) is 7.62. The molecule has 3 aromatic carbocycles. The second-order valence-corrected chi connectivity index (χ2v) is 10.1. The third kappa shape index (κ3) is 4.97. The van der Waals surface area contributed by atoms with Gasteiger partial charge in [0.2, 0.25) is 0 Å². The number of benzene rings is 3. The van der Waals surface area contributed by atoms with Gasteiger partial charge in [0.05, 0.1) is 32.0 Å². The Bertz CT molecular complexity index is 1420. The summed E-state index contributed by atoms with van der Waals surface area (Å²) < 4.78 is 11.2. The Morgan fingerprint density at radius 3 is 2.70 bits per heavy atom. The van der Waals surface area contributed by atoms with Crippen LogP contribution in [0.2, 0.25) is 0 Å². The number of piperidine rings is 1. The van der Waals surface area contributed by atoms with Crippen molar-refractivity contribution in [3.8, 4) is 11.1 Å². The van der Waals surface area contributed by atoms with Crippen LogP contribution >= 0.6 is 0 Å². The van der Waals surface area contributed by atoms with Gasteiger partial charge in [-0.3, -0.25) is 4.79 Å². The van der Waals surface area contributed by atoms with E-state index in [0.717, 1.165) is 97.0 Å². The van der Waals surface area contributed by atoms with Crippen molar-refractivity contribution in [1.82, 2.24) is 5.16 Å². The molecule has 2 saturated heterocycles. The number of ether oxygens (including phenoxy) is 1. The Hall–Kier alpha value is -3.68. The molecule has 1 aromatic heterocycles. The average Bonchev–Trinajstić information content (AvgIpc) is 3.38. The van der Waals surface area contributed by atoms with Crippen LogP contribution in [0.5, 0.6) is 0 Å². The molecule has 37 heavy (non-hydrogen) atoms. The topological polar surface area (TPSA) is 84.2 Å². The van der Waals surface area contributed by atoms with Crippen molar-refractivity contribution in [2.75, 3.05) is 49.6 Å². The molecule has 0 unspecified atom stereocenters. The maximum Gasteiger partial charge on any atom is 0.255 e. The molecule has 7 nitrogen and oxygen atoms in total. The fourth-order valence-electron chi connectivity index (χ4n) is 5.50. The fourth-order valence-corrected chi connectivity index (χ4v) is 5.50. The van der Waals surface area contributed by atoms with E-state index in [1.165, 1.54) is 0 Å². The van der Waals surface area contributed by atoms with E-state index in [0.29, 0.717) is 11.5 Å². The van der Waals surface area contributed by atoms with Crippen LogP contribution in [-0.4, -0.2) is 50.5 Å². The SMILES string of the molecule is Cc1ccc(C(=O)Nc2cccc(N3CCOCC3)c2)cc1-c1ccc2c(C3CC[NH2+]CC3)noc2c1. The Balaban J connectivity index is 1.23. The van der Waals surface area contributed by atoms with Crippen molar-refractivity contribution in [2.45, 2.75) is 25.7 Å². The molecule has 7 heteroatoms. The molecule has 6 rings (SSSR count). The molecule has 2 fully saturated rings. The summed E-state index contributed by atoms with van der Waals surface area (Å²) >= 11 is 0. The highest BCUT2D eigenvalue weighted by Crippen LogP contribution is 2.34. The maximum absolute atomic E-state index is 13.2. The lowest BCUT2D eigenvalue weighted by molar-refractivity contribution is -0.663. The molecule has 4 aromatic rings. The first-order valence-electron chi connectivity index (χ1n) is 13.2. The molecule has 0 atom stereocenters. The first-order chi connectivity index (χ1) is 18.2. The van der Waals surface area contributed by atoms with E-state index >= 15 is 0 Å². The standard InChI is InChI=1S/C30H32N4O3/c1-20-5-6-23(30(35)32-24-3-2-4-25(19-24)34-13-15-36-16-14-34)17-27(20)22-7-8-26-28(18-22)37-33-29(26)21-9-11-31-12-10-21/h2-8,17-19,21,31H,9-16H2,1H3,(H,32,35)/p+1. The van der Waals surface area contributed by atoms with Crippen LogP contribution in [-0.2, 0) is 4.74 Å². The van der Waals surface area contributed by atoms with Crippen LogP contribution in [0.15, 0.2) is 65.2 Å². The van der Waals surface area contributed by atoms with Crippen LogP contribution in [0.3, 0.4) is 0 Å². The van der Waals surface area contributed by atoms with Gasteiger partial charge in [0.1, 0.15) is 0 Å². The Labute approximate surface area is 216 Å². The van der Waals surface area contributed by atoms with Gasteiger partial charge >= 0.3 is 0 Å². The number of carbonyl (C=O) groups excluding carboxylic acids is 1. The molecular weight excluding hydrogens is 464 g/mol. The summed E-state index contributed by atoms with van der Waals surface area (Å²) in [6, 6.07) is 20.1. The number of nitrogens with zero attached hydrogens (tertiary/aromatic N) is 2. The highest BCUT2D eigenvalue weighted by atomic mass is 16.5. The first-order valence-corrected chi connectivity index (χ1v) is 13.2. The molecule has 0 aliphatic carbocycles. The minimum absolute atomic E-state index is 0.127. The van der Waals surface area contributed by atoms with Crippen molar-refractivity contribution in [1.29, 1.82) is 0 Å².